The third kappa shape index (κ3) is 3.86. The standard InChI is InChI=1S/C22H22N2OS/c25-22(20-16-26-21(23-20)14-17-8-3-1-4-9-17)24-13-7-12-19(15-24)18-10-5-2-6-11-18/h1-6,8-11,16,19H,7,12-15H2. The van der Waals surface area contributed by atoms with E-state index in [4.69, 9.17) is 0 Å². The Kier molecular flexibility index (Phi) is 5.12. The highest BCUT2D eigenvalue weighted by Gasteiger charge is 2.26. The lowest BCUT2D eigenvalue weighted by molar-refractivity contribution is 0.0702. The lowest BCUT2D eigenvalue weighted by Gasteiger charge is -2.32. The van der Waals surface area contributed by atoms with Crippen LogP contribution in [0, 0.1) is 0 Å². The van der Waals surface area contributed by atoms with Gasteiger partial charge in [0.25, 0.3) is 5.91 Å². The number of carbonyl (C=O) groups excluding carboxylic acids is 1. The average molecular weight is 362 g/mol. The molecule has 2 heterocycles. The van der Waals surface area contributed by atoms with Gasteiger partial charge >= 0.3 is 0 Å². The van der Waals surface area contributed by atoms with Crippen molar-refractivity contribution in [2.75, 3.05) is 13.1 Å². The van der Waals surface area contributed by atoms with Crippen LogP contribution in [0.15, 0.2) is 66.0 Å². The maximum atomic E-state index is 12.9. The summed E-state index contributed by atoms with van der Waals surface area (Å²) in [6.07, 6.45) is 2.97. The highest BCUT2D eigenvalue weighted by Crippen LogP contribution is 2.28. The number of hydrogen-bond donors (Lipinski definition) is 0. The van der Waals surface area contributed by atoms with Gasteiger partial charge in [0.15, 0.2) is 0 Å². The van der Waals surface area contributed by atoms with E-state index in [9.17, 15) is 4.79 Å². The maximum absolute atomic E-state index is 12.9. The van der Waals surface area contributed by atoms with Crippen LogP contribution in [-0.4, -0.2) is 28.9 Å². The topological polar surface area (TPSA) is 33.2 Å². The van der Waals surface area contributed by atoms with Gasteiger partial charge in [-0.3, -0.25) is 4.79 Å². The number of piperidine rings is 1. The van der Waals surface area contributed by atoms with Crippen molar-refractivity contribution in [1.82, 2.24) is 9.88 Å². The second-order valence-corrected chi connectivity index (χ2v) is 7.73. The molecule has 1 unspecified atom stereocenters. The fourth-order valence-corrected chi connectivity index (χ4v) is 4.38. The minimum absolute atomic E-state index is 0.0705. The van der Waals surface area contributed by atoms with Crippen LogP contribution in [0.2, 0.25) is 0 Å². The van der Waals surface area contributed by atoms with Crippen molar-refractivity contribution in [2.45, 2.75) is 25.2 Å². The Morgan fingerprint density at radius 2 is 1.81 bits per heavy atom. The van der Waals surface area contributed by atoms with E-state index in [-0.39, 0.29) is 5.91 Å². The zero-order valence-electron chi connectivity index (χ0n) is 14.7. The number of aromatic nitrogens is 1. The van der Waals surface area contributed by atoms with Crippen molar-refractivity contribution in [3.05, 3.63) is 87.9 Å². The van der Waals surface area contributed by atoms with E-state index in [1.807, 2.05) is 34.5 Å². The third-order valence-corrected chi connectivity index (χ3v) is 5.80. The maximum Gasteiger partial charge on any atom is 0.273 e. The third-order valence-electron chi connectivity index (χ3n) is 4.95. The molecule has 4 heteroatoms. The van der Waals surface area contributed by atoms with Crippen LogP contribution in [0.4, 0.5) is 0 Å². The monoisotopic (exact) mass is 362 g/mol. The molecule has 132 valence electrons. The van der Waals surface area contributed by atoms with Crippen LogP contribution in [0.3, 0.4) is 0 Å². The lowest BCUT2D eigenvalue weighted by atomic mass is 9.90. The van der Waals surface area contributed by atoms with Crippen molar-refractivity contribution >= 4 is 17.2 Å². The smallest absolute Gasteiger partial charge is 0.273 e. The van der Waals surface area contributed by atoms with E-state index in [2.05, 4.69) is 41.4 Å². The zero-order chi connectivity index (χ0) is 17.8. The van der Waals surface area contributed by atoms with Gasteiger partial charge in [0.2, 0.25) is 0 Å². The molecule has 2 aromatic carbocycles. The van der Waals surface area contributed by atoms with E-state index in [0.717, 1.165) is 37.4 Å². The Bertz CT molecular complexity index is 860. The molecule has 0 spiro atoms. The summed E-state index contributed by atoms with van der Waals surface area (Å²) in [5, 5.41) is 2.91. The van der Waals surface area contributed by atoms with E-state index in [1.54, 1.807) is 11.3 Å². The van der Waals surface area contributed by atoms with Gasteiger partial charge in [-0.25, -0.2) is 4.98 Å². The van der Waals surface area contributed by atoms with Crippen LogP contribution in [0.5, 0.6) is 0 Å². The number of nitrogens with zero attached hydrogens (tertiary/aromatic N) is 2. The summed E-state index contributed by atoms with van der Waals surface area (Å²) in [5.41, 5.74) is 3.14. The van der Waals surface area contributed by atoms with E-state index in [0.29, 0.717) is 11.6 Å². The summed E-state index contributed by atoms with van der Waals surface area (Å²) in [6, 6.07) is 20.8. The minimum atomic E-state index is 0.0705. The molecule has 0 N–H and O–H groups in total. The normalized spacial score (nSPS) is 17.2. The summed E-state index contributed by atoms with van der Waals surface area (Å²) in [4.78, 5) is 19.5. The van der Waals surface area contributed by atoms with Gasteiger partial charge < -0.3 is 4.90 Å². The fourth-order valence-electron chi connectivity index (χ4n) is 3.58. The molecule has 0 radical (unpaired) electrons. The second-order valence-electron chi connectivity index (χ2n) is 6.79. The molecule has 1 atom stereocenters. The Labute approximate surface area is 158 Å². The number of amides is 1. The van der Waals surface area contributed by atoms with Crippen LogP contribution in [0.25, 0.3) is 0 Å². The molecule has 0 aliphatic carbocycles. The Balaban J connectivity index is 1.44. The molecule has 1 saturated heterocycles. The van der Waals surface area contributed by atoms with Crippen LogP contribution in [-0.2, 0) is 6.42 Å². The van der Waals surface area contributed by atoms with Gasteiger partial charge in [0.1, 0.15) is 5.69 Å². The number of likely N-dealkylation sites (tertiary alicyclic amines) is 1. The number of hydrogen-bond acceptors (Lipinski definition) is 3. The number of rotatable bonds is 4. The second kappa shape index (κ2) is 7.83. The van der Waals surface area contributed by atoms with Crippen LogP contribution in [0.1, 0.15) is 45.4 Å². The molecular weight excluding hydrogens is 340 g/mol. The Morgan fingerprint density at radius 3 is 2.58 bits per heavy atom. The molecule has 1 aromatic heterocycles. The highest BCUT2D eigenvalue weighted by atomic mass is 32.1. The summed E-state index contributed by atoms with van der Waals surface area (Å²) in [6.45, 7) is 1.61. The van der Waals surface area contributed by atoms with Crippen LogP contribution >= 0.6 is 11.3 Å². The van der Waals surface area contributed by atoms with Gasteiger partial charge in [-0.2, -0.15) is 0 Å². The average Bonchev–Trinajstić information content (AvgIpc) is 3.17. The molecule has 1 fully saturated rings. The summed E-state index contributed by atoms with van der Waals surface area (Å²) in [5.74, 6) is 0.498. The molecule has 1 amide bonds. The van der Waals surface area contributed by atoms with Gasteiger partial charge in [-0.1, -0.05) is 60.7 Å². The number of carbonyl (C=O) groups is 1. The molecule has 1 aliphatic heterocycles. The molecule has 0 saturated carbocycles. The first-order valence-corrected chi connectivity index (χ1v) is 10.00. The molecule has 1 aliphatic rings. The fraction of sp³-hybridized carbons (Fsp3) is 0.273. The van der Waals surface area contributed by atoms with Crippen molar-refractivity contribution in [2.24, 2.45) is 0 Å². The Morgan fingerprint density at radius 1 is 1.08 bits per heavy atom. The molecule has 26 heavy (non-hydrogen) atoms. The van der Waals surface area contributed by atoms with E-state index in [1.165, 1.54) is 11.1 Å². The molecular formula is C22H22N2OS. The largest absolute Gasteiger partial charge is 0.337 e. The van der Waals surface area contributed by atoms with Crippen molar-refractivity contribution in [3.8, 4) is 0 Å². The number of thiazole rings is 1. The van der Waals surface area contributed by atoms with E-state index >= 15 is 0 Å². The molecule has 3 aromatic rings. The van der Waals surface area contributed by atoms with Crippen LogP contribution < -0.4 is 0 Å². The van der Waals surface area contributed by atoms with Gasteiger partial charge in [-0.15, -0.1) is 11.3 Å². The van der Waals surface area contributed by atoms with Gasteiger partial charge in [-0.05, 0) is 24.0 Å². The zero-order valence-corrected chi connectivity index (χ0v) is 15.5. The van der Waals surface area contributed by atoms with Crippen molar-refractivity contribution in [1.29, 1.82) is 0 Å². The summed E-state index contributed by atoms with van der Waals surface area (Å²) >= 11 is 1.58. The summed E-state index contributed by atoms with van der Waals surface area (Å²) in [7, 11) is 0. The predicted molar refractivity (Wildman–Crippen MR) is 106 cm³/mol. The predicted octanol–water partition coefficient (Wildman–Crippen LogP) is 4.75. The Hall–Kier alpha value is -2.46. The van der Waals surface area contributed by atoms with Gasteiger partial charge in [0, 0.05) is 30.8 Å². The SMILES string of the molecule is O=C(c1csc(Cc2ccccc2)n1)N1CCCC(c2ccccc2)C1. The first kappa shape index (κ1) is 17.0. The minimum Gasteiger partial charge on any atom is -0.337 e. The lowest BCUT2D eigenvalue weighted by Crippen LogP contribution is -2.39. The van der Waals surface area contributed by atoms with E-state index < -0.39 is 0 Å². The van der Waals surface area contributed by atoms with Crippen molar-refractivity contribution in [3.63, 3.8) is 0 Å². The first-order chi connectivity index (χ1) is 12.8. The van der Waals surface area contributed by atoms with Crippen molar-refractivity contribution < 1.29 is 4.79 Å². The molecule has 4 rings (SSSR count). The molecule has 3 nitrogen and oxygen atoms in total. The highest BCUT2D eigenvalue weighted by molar-refractivity contribution is 7.09. The molecule has 0 bridgehead atoms. The van der Waals surface area contributed by atoms with Gasteiger partial charge in [0.05, 0.1) is 5.01 Å². The summed E-state index contributed by atoms with van der Waals surface area (Å²) < 4.78 is 0. The number of benzene rings is 2. The quantitative estimate of drug-likeness (QED) is 0.671. The first-order valence-electron chi connectivity index (χ1n) is 9.12.